The maximum atomic E-state index is 10.3. The summed E-state index contributed by atoms with van der Waals surface area (Å²) in [4.78, 5) is 11.6. The molecular formula is C4H4BrClO2. The molecule has 2 nitrogen and oxygen atoms in total. The van der Waals surface area contributed by atoms with E-state index in [1.807, 2.05) is 0 Å². The van der Waals surface area contributed by atoms with Crippen LogP contribution in [-0.4, -0.2) is 13.1 Å². The third-order valence-electron chi connectivity index (χ3n) is 0.476. The van der Waals surface area contributed by atoms with Crippen LogP contribution < -0.4 is 0 Å². The molecule has 0 aliphatic rings. The first-order valence-corrected chi connectivity index (χ1v) is 3.06. The van der Waals surface area contributed by atoms with Crippen molar-refractivity contribution in [2.75, 3.05) is 7.11 Å². The highest BCUT2D eigenvalue weighted by molar-refractivity contribution is 9.11. The van der Waals surface area contributed by atoms with Crippen molar-refractivity contribution in [3.63, 3.8) is 0 Å². The zero-order valence-corrected chi connectivity index (χ0v) is 6.49. The summed E-state index contributed by atoms with van der Waals surface area (Å²) in [5.41, 5.74) is 0. The van der Waals surface area contributed by atoms with E-state index in [-0.39, 0.29) is 5.03 Å². The second-order valence-corrected chi connectivity index (χ2v) is 1.81. The first-order valence-electron chi connectivity index (χ1n) is 1.76. The molecule has 0 heterocycles. The smallest absolute Gasteiger partial charge is 0.350 e. The van der Waals surface area contributed by atoms with E-state index >= 15 is 0 Å². The largest absolute Gasteiger partial charge is 0.465 e. The summed E-state index contributed by atoms with van der Waals surface area (Å²) >= 11 is 8.12. The minimum atomic E-state index is -0.538. The third-order valence-corrected chi connectivity index (χ3v) is 1.46. The van der Waals surface area contributed by atoms with E-state index in [2.05, 4.69) is 20.7 Å². The van der Waals surface area contributed by atoms with Gasteiger partial charge in [0.2, 0.25) is 0 Å². The molecule has 4 heteroatoms. The number of carbonyl (C=O) groups is 1. The summed E-state index contributed by atoms with van der Waals surface area (Å²) in [6, 6.07) is 0. The average molecular weight is 199 g/mol. The molecule has 0 aliphatic carbocycles. The van der Waals surface area contributed by atoms with Crippen molar-refractivity contribution in [1.82, 2.24) is 0 Å². The van der Waals surface area contributed by atoms with Crippen LogP contribution in [0.4, 0.5) is 0 Å². The first kappa shape index (κ1) is 7.98. The van der Waals surface area contributed by atoms with Crippen LogP contribution in [0.25, 0.3) is 0 Å². The van der Waals surface area contributed by atoms with Crippen molar-refractivity contribution in [2.45, 2.75) is 0 Å². The van der Waals surface area contributed by atoms with Gasteiger partial charge in [-0.2, -0.15) is 0 Å². The molecule has 0 saturated heterocycles. The lowest BCUT2D eigenvalue weighted by atomic mass is 10.6. The van der Waals surface area contributed by atoms with Crippen molar-refractivity contribution in [3.8, 4) is 0 Å². The summed E-state index contributed by atoms with van der Waals surface area (Å²) in [6.45, 7) is 0. The highest BCUT2D eigenvalue weighted by Gasteiger charge is 2.02. The summed E-state index contributed by atoms with van der Waals surface area (Å²) < 4.78 is 4.23. The van der Waals surface area contributed by atoms with Gasteiger partial charge in [0.1, 0.15) is 5.03 Å². The van der Waals surface area contributed by atoms with Gasteiger partial charge in [-0.25, -0.2) is 4.79 Å². The summed E-state index contributed by atoms with van der Waals surface area (Å²) in [6.07, 6.45) is 0. The predicted molar refractivity (Wildman–Crippen MR) is 34.9 cm³/mol. The molecule has 0 N–H and O–H groups in total. The Kier molecular flexibility index (Phi) is 3.91. The number of esters is 1. The fourth-order valence-electron chi connectivity index (χ4n) is 0.142. The molecule has 0 bridgehead atoms. The lowest BCUT2D eigenvalue weighted by Gasteiger charge is -1.90. The quantitative estimate of drug-likeness (QED) is 0.474. The second kappa shape index (κ2) is 3.92. The molecule has 0 saturated carbocycles. The molecule has 0 aromatic rings. The van der Waals surface area contributed by atoms with Gasteiger partial charge < -0.3 is 4.74 Å². The highest BCUT2D eigenvalue weighted by atomic mass is 79.9. The molecule has 0 radical (unpaired) electrons. The number of hydrogen-bond acceptors (Lipinski definition) is 2. The lowest BCUT2D eigenvalue weighted by molar-refractivity contribution is -0.135. The third kappa shape index (κ3) is 2.33. The zero-order valence-electron chi connectivity index (χ0n) is 4.15. The van der Waals surface area contributed by atoms with Crippen LogP contribution in [0.15, 0.2) is 10.0 Å². The molecule has 0 aromatic heterocycles. The van der Waals surface area contributed by atoms with Gasteiger partial charge in [-0.3, -0.25) is 0 Å². The topological polar surface area (TPSA) is 26.3 Å². The van der Waals surface area contributed by atoms with Gasteiger partial charge in [0.15, 0.2) is 0 Å². The second-order valence-electron chi connectivity index (χ2n) is 0.949. The number of hydrogen-bond donors (Lipinski definition) is 0. The molecule has 0 aliphatic heterocycles. The van der Waals surface area contributed by atoms with Gasteiger partial charge in [-0.15, -0.1) is 0 Å². The van der Waals surface area contributed by atoms with E-state index in [0.717, 1.165) is 0 Å². The van der Waals surface area contributed by atoms with Gasteiger partial charge in [0, 0.05) is 4.99 Å². The molecule has 0 spiro atoms. The van der Waals surface area contributed by atoms with Crippen LogP contribution in [0.3, 0.4) is 0 Å². The number of halogens is 2. The molecule has 46 valence electrons. The fraction of sp³-hybridized carbons (Fsp3) is 0.250. The maximum Gasteiger partial charge on any atom is 0.350 e. The maximum absolute atomic E-state index is 10.3. The summed E-state index contributed by atoms with van der Waals surface area (Å²) in [5.74, 6) is -0.538. The Hall–Kier alpha value is -0.0200. The van der Waals surface area contributed by atoms with Crippen LogP contribution in [0.2, 0.25) is 0 Å². The SMILES string of the molecule is COC(=O)/C(Cl)=C\Br. The fourth-order valence-corrected chi connectivity index (χ4v) is 0.406. The molecule has 0 atom stereocenters. The van der Waals surface area contributed by atoms with E-state index in [0.29, 0.717) is 0 Å². The number of carbonyl (C=O) groups excluding carboxylic acids is 1. The van der Waals surface area contributed by atoms with E-state index in [1.165, 1.54) is 12.1 Å². The molecule has 0 rings (SSSR count). The van der Waals surface area contributed by atoms with Crippen molar-refractivity contribution < 1.29 is 9.53 Å². The molecule has 0 amide bonds. The lowest BCUT2D eigenvalue weighted by Crippen LogP contribution is -1.97. The Morgan fingerprint density at radius 2 is 2.38 bits per heavy atom. The van der Waals surface area contributed by atoms with Crippen molar-refractivity contribution in [2.24, 2.45) is 0 Å². The average Bonchev–Trinajstić information content (AvgIpc) is 1.84. The molecule has 8 heavy (non-hydrogen) atoms. The Bertz CT molecular complexity index is 121. The van der Waals surface area contributed by atoms with Crippen LogP contribution in [-0.2, 0) is 9.53 Å². The number of rotatable bonds is 1. The normalized spacial score (nSPS) is 11.1. The Morgan fingerprint density at radius 1 is 1.88 bits per heavy atom. The summed E-state index contributed by atoms with van der Waals surface area (Å²) in [7, 11) is 1.27. The molecular weight excluding hydrogens is 195 g/mol. The van der Waals surface area contributed by atoms with Gasteiger partial charge in [0.05, 0.1) is 7.11 Å². The van der Waals surface area contributed by atoms with Gasteiger partial charge in [0.25, 0.3) is 0 Å². The first-order chi connectivity index (χ1) is 3.72. The Balaban J connectivity index is 3.83. The molecule has 0 aromatic carbocycles. The van der Waals surface area contributed by atoms with Crippen LogP contribution in [0.1, 0.15) is 0 Å². The van der Waals surface area contributed by atoms with Crippen LogP contribution in [0, 0.1) is 0 Å². The minimum Gasteiger partial charge on any atom is -0.465 e. The predicted octanol–water partition coefficient (Wildman–Crippen LogP) is 1.63. The van der Waals surface area contributed by atoms with Gasteiger partial charge in [-0.1, -0.05) is 27.5 Å². The highest BCUT2D eigenvalue weighted by Crippen LogP contribution is 2.05. The van der Waals surface area contributed by atoms with Crippen molar-refractivity contribution in [1.29, 1.82) is 0 Å². The Morgan fingerprint density at radius 3 is 2.50 bits per heavy atom. The molecule has 0 fully saturated rings. The summed E-state index contributed by atoms with van der Waals surface area (Å²) in [5, 5.41) is 0.0347. The Labute approximate surface area is 60.6 Å². The number of ether oxygens (including phenoxy) is 1. The van der Waals surface area contributed by atoms with E-state index < -0.39 is 5.97 Å². The van der Waals surface area contributed by atoms with Gasteiger partial charge in [-0.05, 0) is 0 Å². The van der Waals surface area contributed by atoms with Gasteiger partial charge >= 0.3 is 5.97 Å². The van der Waals surface area contributed by atoms with E-state index in [9.17, 15) is 4.79 Å². The standard InChI is InChI=1S/C4H4BrClO2/c1-8-4(7)3(6)2-5/h2H,1H3/b3-2+. The number of methoxy groups -OCH3 is 1. The van der Waals surface area contributed by atoms with Crippen LogP contribution in [0.5, 0.6) is 0 Å². The van der Waals surface area contributed by atoms with Crippen molar-refractivity contribution in [3.05, 3.63) is 10.0 Å². The minimum absolute atomic E-state index is 0.0347. The van der Waals surface area contributed by atoms with Crippen molar-refractivity contribution >= 4 is 33.5 Å². The monoisotopic (exact) mass is 198 g/mol. The van der Waals surface area contributed by atoms with E-state index in [1.54, 1.807) is 0 Å². The zero-order chi connectivity index (χ0) is 6.57. The van der Waals surface area contributed by atoms with Crippen LogP contribution >= 0.6 is 27.5 Å². The molecule has 0 unspecified atom stereocenters. The van der Waals surface area contributed by atoms with E-state index in [4.69, 9.17) is 11.6 Å².